The molecule has 0 radical (unpaired) electrons. The Labute approximate surface area is 183 Å². The number of aliphatic imine (C=N–C) groups is 1. The Hall–Kier alpha value is -2.94. The molecule has 7 nitrogen and oxygen atoms in total. The lowest BCUT2D eigenvalue weighted by Gasteiger charge is -2.12. The van der Waals surface area contributed by atoms with Gasteiger partial charge in [-0.2, -0.15) is 0 Å². The number of sulfone groups is 1. The van der Waals surface area contributed by atoms with Gasteiger partial charge in [0.2, 0.25) is 5.91 Å². The molecule has 1 amide bonds. The van der Waals surface area contributed by atoms with Gasteiger partial charge in [0.15, 0.2) is 15.8 Å². The first-order valence-corrected chi connectivity index (χ1v) is 11.9. The average molecular weight is 449 g/mol. The molecule has 0 atom stereocenters. The highest BCUT2D eigenvalue weighted by atomic mass is 32.2. The molecule has 3 N–H and O–H groups in total. The Balaban J connectivity index is 1.84. The Morgan fingerprint density at radius 3 is 2.26 bits per heavy atom. The minimum absolute atomic E-state index is 0.142. The maximum Gasteiger partial charge on any atom is 0.224 e. The highest BCUT2D eigenvalue weighted by molar-refractivity contribution is 7.90. The molecule has 0 aromatic heterocycles. The lowest BCUT2D eigenvalue weighted by Crippen LogP contribution is -2.41. The van der Waals surface area contributed by atoms with E-state index in [2.05, 4.69) is 20.9 Å². The first-order valence-electron chi connectivity index (χ1n) is 10.0. The molecule has 0 unspecified atom stereocenters. The summed E-state index contributed by atoms with van der Waals surface area (Å²) in [7, 11) is -3.25. The predicted octanol–water partition coefficient (Wildman–Crippen LogP) is 1.95. The maximum atomic E-state index is 12.9. The third-order valence-electron chi connectivity index (χ3n) is 4.42. The van der Waals surface area contributed by atoms with Gasteiger partial charge < -0.3 is 16.0 Å². The molecule has 0 saturated carbocycles. The van der Waals surface area contributed by atoms with Crippen LogP contribution in [0.4, 0.5) is 4.39 Å². The Morgan fingerprint density at radius 2 is 1.65 bits per heavy atom. The van der Waals surface area contributed by atoms with Crippen molar-refractivity contribution in [3.05, 3.63) is 65.0 Å². The fourth-order valence-electron chi connectivity index (χ4n) is 2.97. The van der Waals surface area contributed by atoms with E-state index < -0.39 is 9.84 Å². The summed E-state index contributed by atoms with van der Waals surface area (Å²) in [6.07, 6.45) is 1.38. The molecule has 0 heterocycles. The van der Waals surface area contributed by atoms with Crippen LogP contribution in [0.15, 0.2) is 52.4 Å². The standard InChI is InChI=1S/C22H29FN4O3S/c1-4-24-22(27-15-18-7-10-20(16(2)13-18)31(3,29)30)26-12-11-25-21(28)14-17-5-8-19(23)9-6-17/h5-10,13H,4,11-12,14-15H2,1-3H3,(H,25,28)(H2,24,26,27). The summed E-state index contributed by atoms with van der Waals surface area (Å²) < 4.78 is 36.4. The number of benzene rings is 2. The minimum atomic E-state index is -3.25. The quantitative estimate of drug-likeness (QED) is 0.309. The minimum Gasteiger partial charge on any atom is -0.357 e. The van der Waals surface area contributed by atoms with Gasteiger partial charge in [-0.25, -0.2) is 17.8 Å². The van der Waals surface area contributed by atoms with E-state index in [0.717, 1.165) is 11.1 Å². The second kappa shape index (κ2) is 11.5. The first-order chi connectivity index (χ1) is 14.7. The highest BCUT2D eigenvalue weighted by Crippen LogP contribution is 2.17. The molecule has 0 aliphatic rings. The van der Waals surface area contributed by atoms with Crippen molar-refractivity contribution >= 4 is 21.7 Å². The van der Waals surface area contributed by atoms with Gasteiger partial charge in [0.1, 0.15) is 5.82 Å². The van der Waals surface area contributed by atoms with Gasteiger partial charge in [-0.3, -0.25) is 4.79 Å². The van der Waals surface area contributed by atoms with Crippen LogP contribution in [0, 0.1) is 12.7 Å². The molecule has 31 heavy (non-hydrogen) atoms. The Bertz CT molecular complexity index is 1020. The van der Waals surface area contributed by atoms with Crippen molar-refractivity contribution in [3.8, 4) is 0 Å². The zero-order chi connectivity index (χ0) is 22.9. The number of carbonyl (C=O) groups is 1. The molecule has 0 aliphatic heterocycles. The Morgan fingerprint density at radius 1 is 1.00 bits per heavy atom. The van der Waals surface area contributed by atoms with E-state index >= 15 is 0 Å². The number of nitrogens with one attached hydrogen (secondary N) is 3. The Kier molecular flexibility index (Phi) is 8.99. The SMILES string of the molecule is CCNC(=NCc1ccc(S(C)(=O)=O)c(C)c1)NCCNC(=O)Cc1ccc(F)cc1. The van der Waals surface area contributed by atoms with Crippen LogP contribution in [0.3, 0.4) is 0 Å². The van der Waals surface area contributed by atoms with Crippen molar-refractivity contribution < 1.29 is 17.6 Å². The number of hydrogen-bond donors (Lipinski definition) is 3. The third kappa shape index (κ3) is 8.37. The number of hydrogen-bond acceptors (Lipinski definition) is 4. The van der Waals surface area contributed by atoms with Crippen LogP contribution in [0.1, 0.15) is 23.6 Å². The van der Waals surface area contributed by atoms with E-state index in [-0.39, 0.29) is 18.1 Å². The van der Waals surface area contributed by atoms with Crippen LogP contribution in [0.5, 0.6) is 0 Å². The summed E-state index contributed by atoms with van der Waals surface area (Å²) in [5, 5.41) is 9.09. The second-order valence-corrected chi connectivity index (χ2v) is 9.13. The van der Waals surface area contributed by atoms with E-state index in [9.17, 15) is 17.6 Å². The topological polar surface area (TPSA) is 99.7 Å². The predicted molar refractivity (Wildman–Crippen MR) is 120 cm³/mol. The fourth-order valence-corrected chi connectivity index (χ4v) is 3.93. The molecule has 0 spiro atoms. The van der Waals surface area contributed by atoms with Gasteiger partial charge in [0.05, 0.1) is 17.9 Å². The molecule has 2 rings (SSSR count). The molecule has 9 heteroatoms. The zero-order valence-corrected chi connectivity index (χ0v) is 18.9. The van der Waals surface area contributed by atoms with Crippen molar-refractivity contribution in [3.63, 3.8) is 0 Å². The normalized spacial score (nSPS) is 11.8. The molecule has 2 aromatic carbocycles. The summed E-state index contributed by atoms with van der Waals surface area (Å²) in [4.78, 5) is 16.8. The summed E-state index contributed by atoms with van der Waals surface area (Å²) in [6.45, 7) is 5.67. The highest BCUT2D eigenvalue weighted by Gasteiger charge is 2.10. The van der Waals surface area contributed by atoms with Gasteiger partial charge >= 0.3 is 0 Å². The molecule has 0 saturated heterocycles. The molecule has 0 fully saturated rings. The third-order valence-corrected chi connectivity index (χ3v) is 5.68. The number of rotatable bonds is 9. The van der Waals surface area contributed by atoms with E-state index in [1.807, 2.05) is 13.0 Å². The van der Waals surface area contributed by atoms with Crippen molar-refractivity contribution in [2.45, 2.75) is 31.7 Å². The number of guanidine groups is 1. The lowest BCUT2D eigenvalue weighted by molar-refractivity contribution is -0.120. The molecule has 2 aromatic rings. The smallest absolute Gasteiger partial charge is 0.224 e. The molecular formula is C22H29FN4O3S. The van der Waals surface area contributed by atoms with Gasteiger partial charge in [-0.15, -0.1) is 0 Å². The fraction of sp³-hybridized carbons (Fsp3) is 0.364. The van der Waals surface area contributed by atoms with Gasteiger partial charge in [-0.1, -0.05) is 24.3 Å². The summed E-state index contributed by atoms with van der Waals surface area (Å²) >= 11 is 0. The van der Waals surface area contributed by atoms with Crippen LogP contribution >= 0.6 is 0 Å². The average Bonchev–Trinajstić information content (AvgIpc) is 2.70. The summed E-state index contributed by atoms with van der Waals surface area (Å²) in [5.41, 5.74) is 2.34. The number of amides is 1. The maximum absolute atomic E-state index is 12.9. The number of halogens is 1. The number of aryl methyl sites for hydroxylation is 1. The first kappa shape index (κ1) is 24.3. The van der Waals surface area contributed by atoms with Crippen LogP contribution in [0.2, 0.25) is 0 Å². The molecular weight excluding hydrogens is 419 g/mol. The van der Waals surface area contributed by atoms with Crippen LogP contribution < -0.4 is 16.0 Å². The molecule has 0 bridgehead atoms. The van der Waals surface area contributed by atoms with Gasteiger partial charge in [0.25, 0.3) is 0 Å². The zero-order valence-electron chi connectivity index (χ0n) is 18.0. The van der Waals surface area contributed by atoms with Crippen molar-refractivity contribution in [1.29, 1.82) is 0 Å². The van der Waals surface area contributed by atoms with E-state index in [0.29, 0.717) is 42.6 Å². The summed E-state index contributed by atoms with van der Waals surface area (Å²) in [5.74, 6) is 0.127. The van der Waals surface area contributed by atoms with Crippen molar-refractivity contribution in [2.24, 2.45) is 4.99 Å². The molecule has 0 aliphatic carbocycles. The van der Waals surface area contributed by atoms with Crippen LogP contribution in [0.25, 0.3) is 0 Å². The second-order valence-electron chi connectivity index (χ2n) is 7.15. The van der Waals surface area contributed by atoms with Gasteiger partial charge in [0, 0.05) is 25.9 Å². The van der Waals surface area contributed by atoms with E-state index in [1.165, 1.54) is 18.4 Å². The molecule has 168 valence electrons. The van der Waals surface area contributed by atoms with Crippen molar-refractivity contribution in [2.75, 3.05) is 25.9 Å². The van der Waals surface area contributed by atoms with Gasteiger partial charge in [-0.05, 0) is 48.7 Å². The van der Waals surface area contributed by atoms with E-state index in [1.54, 1.807) is 31.2 Å². The van der Waals surface area contributed by atoms with E-state index in [4.69, 9.17) is 0 Å². The number of carbonyl (C=O) groups excluding carboxylic acids is 1. The van der Waals surface area contributed by atoms with Crippen LogP contribution in [-0.4, -0.2) is 46.2 Å². The summed E-state index contributed by atoms with van der Waals surface area (Å²) in [6, 6.07) is 11.0. The monoisotopic (exact) mass is 448 g/mol. The van der Waals surface area contributed by atoms with Crippen LogP contribution in [-0.2, 0) is 27.6 Å². The largest absolute Gasteiger partial charge is 0.357 e. The number of nitrogens with zero attached hydrogens (tertiary/aromatic N) is 1. The van der Waals surface area contributed by atoms with Crippen molar-refractivity contribution in [1.82, 2.24) is 16.0 Å². The lowest BCUT2D eigenvalue weighted by atomic mass is 10.1.